The van der Waals surface area contributed by atoms with Crippen LogP contribution in [-0.2, 0) is 4.74 Å². The first kappa shape index (κ1) is 11.4. The van der Waals surface area contributed by atoms with Gasteiger partial charge in [0.2, 0.25) is 0 Å². The number of hydrogen-bond acceptors (Lipinski definition) is 2. The average Bonchev–Trinajstić information content (AvgIpc) is 2.67. The zero-order valence-electron chi connectivity index (χ0n) is 8.55. The molecule has 2 nitrogen and oxygen atoms in total. The number of ether oxygens (including phenoxy) is 1. The molecule has 0 aliphatic carbocycles. The van der Waals surface area contributed by atoms with Crippen molar-refractivity contribution in [3.05, 3.63) is 35.1 Å². The van der Waals surface area contributed by atoms with Gasteiger partial charge in [0.1, 0.15) is 17.5 Å². The first-order chi connectivity index (χ1) is 7.59. The highest BCUT2D eigenvalue weighted by atomic mass is 19.1. The molecule has 1 fully saturated rings. The normalized spacial score (nSPS) is 22.4. The van der Waals surface area contributed by atoms with Crippen molar-refractivity contribution in [2.75, 3.05) is 6.61 Å². The fourth-order valence-corrected chi connectivity index (χ4v) is 1.94. The van der Waals surface area contributed by atoms with Crippen LogP contribution in [0.25, 0.3) is 0 Å². The quantitative estimate of drug-likeness (QED) is 0.847. The number of rotatable bonds is 2. The predicted molar refractivity (Wildman–Crippen MR) is 52.2 cm³/mol. The second-order valence-corrected chi connectivity index (χ2v) is 3.86. The molecule has 1 aromatic carbocycles. The van der Waals surface area contributed by atoms with Gasteiger partial charge in [0, 0.05) is 24.3 Å². The molecule has 16 heavy (non-hydrogen) atoms. The van der Waals surface area contributed by atoms with Crippen LogP contribution in [0.5, 0.6) is 0 Å². The van der Waals surface area contributed by atoms with Crippen LogP contribution in [0.2, 0.25) is 0 Å². The van der Waals surface area contributed by atoms with Gasteiger partial charge in [-0.2, -0.15) is 0 Å². The molecule has 1 aliphatic rings. The Morgan fingerprint density at radius 2 is 1.88 bits per heavy atom. The zero-order valence-corrected chi connectivity index (χ0v) is 8.55. The Morgan fingerprint density at radius 3 is 2.38 bits per heavy atom. The lowest BCUT2D eigenvalue weighted by Crippen LogP contribution is -2.27. The minimum Gasteiger partial charge on any atom is -0.376 e. The summed E-state index contributed by atoms with van der Waals surface area (Å²) in [5.74, 6) is -2.86. The maximum atomic E-state index is 13.4. The topological polar surface area (TPSA) is 35.2 Å². The molecule has 2 atom stereocenters. The van der Waals surface area contributed by atoms with Gasteiger partial charge in [0.25, 0.3) is 0 Å². The van der Waals surface area contributed by atoms with Gasteiger partial charge in [-0.15, -0.1) is 0 Å². The first-order valence-electron chi connectivity index (χ1n) is 5.11. The highest BCUT2D eigenvalue weighted by molar-refractivity contribution is 5.25. The maximum absolute atomic E-state index is 13.4. The van der Waals surface area contributed by atoms with E-state index in [2.05, 4.69) is 0 Å². The number of nitrogens with two attached hydrogens (primary N) is 1. The Morgan fingerprint density at radius 1 is 1.25 bits per heavy atom. The van der Waals surface area contributed by atoms with Crippen LogP contribution in [0.4, 0.5) is 13.2 Å². The number of halogens is 3. The van der Waals surface area contributed by atoms with Gasteiger partial charge in [0.05, 0.1) is 12.1 Å². The van der Waals surface area contributed by atoms with E-state index in [0.29, 0.717) is 25.2 Å². The second-order valence-electron chi connectivity index (χ2n) is 3.86. The van der Waals surface area contributed by atoms with Crippen LogP contribution >= 0.6 is 0 Å². The molecule has 0 bridgehead atoms. The molecule has 2 rings (SSSR count). The fraction of sp³-hybridized carbons (Fsp3) is 0.455. The largest absolute Gasteiger partial charge is 0.376 e. The molecule has 1 aliphatic heterocycles. The van der Waals surface area contributed by atoms with Gasteiger partial charge in [-0.25, -0.2) is 13.2 Å². The van der Waals surface area contributed by atoms with Crippen molar-refractivity contribution >= 4 is 0 Å². The molecule has 88 valence electrons. The van der Waals surface area contributed by atoms with Crippen LogP contribution in [0.1, 0.15) is 24.4 Å². The van der Waals surface area contributed by atoms with Crippen LogP contribution in [-0.4, -0.2) is 12.7 Å². The molecule has 1 heterocycles. The zero-order chi connectivity index (χ0) is 11.7. The second kappa shape index (κ2) is 4.43. The smallest absolute Gasteiger partial charge is 0.133 e. The summed E-state index contributed by atoms with van der Waals surface area (Å²) in [6.45, 7) is 0.544. The summed E-state index contributed by atoms with van der Waals surface area (Å²) in [5.41, 5.74) is 5.43. The third-order valence-corrected chi connectivity index (χ3v) is 2.74. The lowest BCUT2D eigenvalue weighted by molar-refractivity contribution is 0.0878. The van der Waals surface area contributed by atoms with Gasteiger partial charge in [-0.05, 0) is 12.8 Å². The molecular weight excluding hydrogens is 219 g/mol. The molecule has 1 saturated heterocycles. The van der Waals surface area contributed by atoms with E-state index in [4.69, 9.17) is 10.5 Å². The Balaban J connectivity index is 2.31. The number of hydrogen-bond donors (Lipinski definition) is 1. The summed E-state index contributed by atoms with van der Waals surface area (Å²) >= 11 is 0. The number of benzene rings is 1. The summed E-state index contributed by atoms with van der Waals surface area (Å²) in [7, 11) is 0. The minimum atomic E-state index is -0.958. The maximum Gasteiger partial charge on any atom is 0.133 e. The molecule has 2 N–H and O–H groups in total. The van der Waals surface area contributed by atoms with Crippen molar-refractivity contribution in [2.24, 2.45) is 5.73 Å². The third-order valence-electron chi connectivity index (χ3n) is 2.74. The van der Waals surface area contributed by atoms with Gasteiger partial charge < -0.3 is 10.5 Å². The predicted octanol–water partition coefficient (Wildman–Crippen LogP) is 2.28. The standard InChI is InChI=1S/C11H12F3NO/c12-6-4-7(13)10(8(14)5-6)11(15)9-2-1-3-16-9/h4-5,9,11H,1-3,15H2. The fourth-order valence-electron chi connectivity index (χ4n) is 1.94. The molecule has 1 aromatic rings. The van der Waals surface area contributed by atoms with Crippen molar-refractivity contribution in [1.29, 1.82) is 0 Å². The van der Waals surface area contributed by atoms with Gasteiger partial charge in [-0.3, -0.25) is 0 Å². The van der Waals surface area contributed by atoms with Gasteiger partial charge in [0.15, 0.2) is 0 Å². The van der Waals surface area contributed by atoms with Crippen LogP contribution in [0.15, 0.2) is 12.1 Å². The van der Waals surface area contributed by atoms with Crippen molar-refractivity contribution in [1.82, 2.24) is 0 Å². The molecule has 0 spiro atoms. The van der Waals surface area contributed by atoms with Crippen molar-refractivity contribution in [2.45, 2.75) is 25.0 Å². The van der Waals surface area contributed by atoms with Crippen molar-refractivity contribution < 1.29 is 17.9 Å². The molecular formula is C11H12F3NO. The molecule has 0 radical (unpaired) electrons. The summed E-state index contributed by atoms with van der Waals surface area (Å²) in [5, 5.41) is 0. The lowest BCUT2D eigenvalue weighted by atomic mass is 9.99. The first-order valence-corrected chi connectivity index (χ1v) is 5.11. The van der Waals surface area contributed by atoms with E-state index in [0.717, 1.165) is 6.42 Å². The lowest BCUT2D eigenvalue weighted by Gasteiger charge is -2.19. The molecule has 0 saturated carbocycles. The molecule has 0 amide bonds. The van der Waals surface area contributed by atoms with Crippen LogP contribution < -0.4 is 5.73 Å². The highest BCUT2D eigenvalue weighted by Gasteiger charge is 2.28. The van der Waals surface area contributed by atoms with Gasteiger partial charge in [-0.1, -0.05) is 0 Å². The monoisotopic (exact) mass is 231 g/mol. The van der Waals surface area contributed by atoms with Crippen molar-refractivity contribution in [3.8, 4) is 0 Å². The van der Waals surface area contributed by atoms with E-state index in [-0.39, 0.29) is 5.56 Å². The van der Waals surface area contributed by atoms with Crippen LogP contribution in [0.3, 0.4) is 0 Å². The summed E-state index contributed by atoms with van der Waals surface area (Å²) in [4.78, 5) is 0. The van der Waals surface area contributed by atoms with E-state index in [1.807, 2.05) is 0 Å². The van der Waals surface area contributed by atoms with E-state index in [1.165, 1.54) is 0 Å². The third kappa shape index (κ3) is 2.05. The Labute approximate surface area is 91.2 Å². The molecule has 5 heteroatoms. The average molecular weight is 231 g/mol. The van der Waals surface area contributed by atoms with E-state index in [1.54, 1.807) is 0 Å². The Bertz CT molecular complexity index is 368. The van der Waals surface area contributed by atoms with Gasteiger partial charge >= 0.3 is 0 Å². The molecule has 0 aromatic heterocycles. The van der Waals surface area contributed by atoms with E-state index in [9.17, 15) is 13.2 Å². The SMILES string of the molecule is NC(c1c(F)cc(F)cc1F)C1CCCO1. The van der Waals surface area contributed by atoms with Crippen LogP contribution in [0, 0.1) is 17.5 Å². The minimum absolute atomic E-state index is 0.298. The summed E-state index contributed by atoms with van der Waals surface area (Å²) in [6, 6.07) is 0.378. The highest BCUT2D eigenvalue weighted by Crippen LogP contribution is 2.28. The molecule has 2 unspecified atom stereocenters. The van der Waals surface area contributed by atoms with E-state index < -0.39 is 29.6 Å². The summed E-state index contributed by atoms with van der Waals surface area (Å²) < 4.78 is 44.8. The Kier molecular flexibility index (Phi) is 3.16. The van der Waals surface area contributed by atoms with E-state index >= 15 is 0 Å². The Hall–Kier alpha value is -1.07. The van der Waals surface area contributed by atoms with Crippen molar-refractivity contribution in [3.63, 3.8) is 0 Å². The summed E-state index contributed by atoms with van der Waals surface area (Å²) in [6.07, 6.45) is 1.09.